The van der Waals surface area contributed by atoms with Crippen molar-refractivity contribution in [2.75, 3.05) is 59.0 Å². The Kier molecular flexibility index (Phi) is 11.4. The Bertz CT molecular complexity index is 1540. The number of halogens is 5. The molecule has 0 aromatic heterocycles. The molecule has 1 fully saturated rings. The van der Waals surface area contributed by atoms with E-state index in [0.717, 1.165) is 49.4 Å². The van der Waals surface area contributed by atoms with Gasteiger partial charge in [0.2, 0.25) is 0 Å². The number of alkyl halides is 3. The average molecular weight is 691 g/mol. The van der Waals surface area contributed by atoms with Gasteiger partial charge in [-0.05, 0) is 73.6 Å². The van der Waals surface area contributed by atoms with Gasteiger partial charge in [0.25, 0.3) is 0 Å². The number of amides is 2. The molecular formula is C35H40Cl2F3N5O2. The lowest BCUT2D eigenvalue weighted by atomic mass is 9.93. The summed E-state index contributed by atoms with van der Waals surface area (Å²) in [6.07, 6.45) is -4.57. The molecule has 2 unspecified atom stereocenters. The standard InChI is InChI=1S/C35H40Cl2F3N5O2/c1-4-42(5-2)17-18-43-19-21-44(22-20-43)34(46)45-32(25-9-14-28(37)15-10-25)31(24-7-12-27(36)13-8-24)41-33(45)29-16-11-26(35(38,39)40)23-30(29)47-6-3/h7-16,23,31-32H,4-6,17-22H2,1-3H3. The van der Waals surface area contributed by atoms with Crippen molar-refractivity contribution in [1.29, 1.82) is 0 Å². The molecule has 2 amide bonds. The number of hydrogen-bond acceptors (Lipinski definition) is 5. The molecule has 0 radical (unpaired) electrons. The number of amidine groups is 1. The van der Waals surface area contributed by atoms with E-state index in [1.54, 1.807) is 41.0 Å². The molecule has 252 valence electrons. The van der Waals surface area contributed by atoms with Gasteiger partial charge in [-0.1, -0.05) is 61.3 Å². The number of carbonyl (C=O) groups excluding carboxylic acids is 1. The molecule has 3 aromatic carbocycles. The number of piperazine rings is 1. The van der Waals surface area contributed by atoms with E-state index >= 15 is 0 Å². The number of ether oxygens (including phenoxy) is 1. The third-order valence-electron chi connectivity index (χ3n) is 8.82. The Balaban J connectivity index is 1.57. The van der Waals surface area contributed by atoms with Crippen molar-refractivity contribution in [3.63, 3.8) is 0 Å². The van der Waals surface area contributed by atoms with Crippen LogP contribution in [0.3, 0.4) is 0 Å². The minimum absolute atomic E-state index is 0.00621. The maximum Gasteiger partial charge on any atom is 0.416 e. The number of urea groups is 1. The summed E-state index contributed by atoms with van der Waals surface area (Å²) in [5.74, 6) is 0.253. The highest BCUT2D eigenvalue weighted by Gasteiger charge is 2.45. The van der Waals surface area contributed by atoms with Crippen molar-refractivity contribution in [3.8, 4) is 5.75 Å². The summed E-state index contributed by atoms with van der Waals surface area (Å²) >= 11 is 12.5. The van der Waals surface area contributed by atoms with Gasteiger partial charge in [-0.2, -0.15) is 13.2 Å². The lowest BCUT2D eigenvalue weighted by molar-refractivity contribution is -0.137. The largest absolute Gasteiger partial charge is 0.493 e. The first-order valence-electron chi connectivity index (χ1n) is 16.0. The van der Waals surface area contributed by atoms with E-state index in [-0.39, 0.29) is 24.2 Å². The van der Waals surface area contributed by atoms with Gasteiger partial charge in [0.05, 0.1) is 23.8 Å². The number of benzene rings is 3. The molecule has 0 N–H and O–H groups in total. The van der Waals surface area contributed by atoms with Crippen molar-refractivity contribution in [2.24, 2.45) is 4.99 Å². The van der Waals surface area contributed by atoms with Gasteiger partial charge < -0.3 is 14.5 Å². The zero-order valence-corrected chi connectivity index (χ0v) is 28.3. The van der Waals surface area contributed by atoms with E-state index < -0.39 is 23.8 Å². The molecule has 2 aliphatic heterocycles. The number of rotatable bonds is 10. The van der Waals surface area contributed by atoms with Gasteiger partial charge in [0.1, 0.15) is 17.6 Å². The Hall–Kier alpha value is -3.31. The Morgan fingerprint density at radius 2 is 1.49 bits per heavy atom. The second-order valence-corrected chi connectivity index (χ2v) is 12.5. The van der Waals surface area contributed by atoms with Crippen molar-refractivity contribution < 1.29 is 22.7 Å². The Labute approximate surface area is 284 Å². The fourth-order valence-corrected chi connectivity index (χ4v) is 6.40. The molecule has 5 rings (SSSR count). The molecule has 0 aliphatic carbocycles. The first-order valence-corrected chi connectivity index (χ1v) is 16.8. The summed E-state index contributed by atoms with van der Waals surface area (Å²) in [6, 6.07) is 16.3. The molecule has 2 heterocycles. The van der Waals surface area contributed by atoms with Crippen LogP contribution in [0.4, 0.5) is 18.0 Å². The lowest BCUT2D eigenvalue weighted by Gasteiger charge is -2.39. The summed E-state index contributed by atoms with van der Waals surface area (Å²) in [5.41, 5.74) is 1.05. The number of aliphatic imine (C=N–C) groups is 1. The molecule has 2 aliphatic rings. The smallest absolute Gasteiger partial charge is 0.416 e. The van der Waals surface area contributed by atoms with Crippen LogP contribution in [-0.4, -0.2) is 90.4 Å². The van der Waals surface area contributed by atoms with Crippen LogP contribution in [0, 0.1) is 0 Å². The Morgan fingerprint density at radius 3 is 2.04 bits per heavy atom. The normalized spacial score (nSPS) is 19.0. The van der Waals surface area contributed by atoms with E-state index in [0.29, 0.717) is 41.8 Å². The first kappa shape index (κ1) is 35.0. The minimum Gasteiger partial charge on any atom is -0.493 e. The molecule has 47 heavy (non-hydrogen) atoms. The summed E-state index contributed by atoms with van der Waals surface area (Å²) in [6.45, 7) is 12.4. The molecule has 3 aromatic rings. The molecule has 0 saturated carbocycles. The number of hydrogen-bond donors (Lipinski definition) is 0. The average Bonchev–Trinajstić information content (AvgIpc) is 3.46. The summed E-state index contributed by atoms with van der Waals surface area (Å²) in [7, 11) is 0. The quantitative estimate of drug-likeness (QED) is 0.216. The van der Waals surface area contributed by atoms with E-state index in [1.807, 2.05) is 24.3 Å². The summed E-state index contributed by atoms with van der Waals surface area (Å²) in [4.78, 5) is 28.0. The molecule has 0 bridgehead atoms. The Morgan fingerprint density at radius 1 is 0.894 bits per heavy atom. The van der Waals surface area contributed by atoms with Gasteiger partial charge in [-0.3, -0.25) is 14.8 Å². The maximum absolute atomic E-state index is 14.7. The number of carbonyl (C=O) groups is 1. The van der Waals surface area contributed by atoms with Gasteiger partial charge in [-0.15, -0.1) is 0 Å². The second kappa shape index (κ2) is 15.3. The molecule has 1 saturated heterocycles. The van der Waals surface area contributed by atoms with Crippen LogP contribution in [0.2, 0.25) is 10.0 Å². The number of nitrogens with zero attached hydrogens (tertiary/aromatic N) is 5. The van der Waals surface area contributed by atoms with Crippen LogP contribution in [0.15, 0.2) is 71.7 Å². The predicted octanol–water partition coefficient (Wildman–Crippen LogP) is 8.04. The third kappa shape index (κ3) is 8.05. The van der Waals surface area contributed by atoms with Crippen molar-refractivity contribution in [1.82, 2.24) is 19.6 Å². The molecule has 12 heteroatoms. The molecule has 2 atom stereocenters. The van der Waals surface area contributed by atoms with Crippen LogP contribution >= 0.6 is 23.2 Å². The topological polar surface area (TPSA) is 51.6 Å². The highest BCUT2D eigenvalue weighted by atomic mass is 35.5. The fraction of sp³-hybridized carbons (Fsp3) is 0.429. The van der Waals surface area contributed by atoms with Gasteiger partial charge in [-0.25, -0.2) is 4.79 Å². The number of likely N-dealkylation sites (N-methyl/N-ethyl adjacent to an activating group) is 1. The molecule has 7 nitrogen and oxygen atoms in total. The third-order valence-corrected chi connectivity index (χ3v) is 9.32. The minimum atomic E-state index is -4.57. The van der Waals surface area contributed by atoms with E-state index in [1.165, 1.54) is 6.07 Å². The monoisotopic (exact) mass is 689 g/mol. The van der Waals surface area contributed by atoms with Gasteiger partial charge >= 0.3 is 12.2 Å². The first-order chi connectivity index (χ1) is 22.5. The summed E-state index contributed by atoms with van der Waals surface area (Å²) < 4.78 is 47.1. The zero-order chi connectivity index (χ0) is 33.7. The van der Waals surface area contributed by atoms with Gasteiger partial charge in [0, 0.05) is 49.3 Å². The SMILES string of the molecule is CCOc1cc(C(F)(F)F)ccc1C1=NC(c2ccc(Cl)cc2)C(c2ccc(Cl)cc2)N1C(=O)N1CCN(CCN(CC)CC)CC1. The maximum atomic E-state index is 14.7. The van der Waals surface area contributed by atoms with Gasteiger partial charge in [0.15, 0.2) is 0 Å². The molecular weight excluding hydrogens is 650 g/mol. The van der Waals surface area contributed by atoms with Crippen LogP contribution in [0.1, 0.15) is 55.1 Å². The zero-order valence-electron chi connectivity index (χ0n) is 26.8. The van der Waals surface area contributed by atoms with Crippen LogP contribution in [-0.2, 0) is 6.18 Å². The summed E-state index contributed by atoms with van der Waals surface area (Å²) in [5, 5.41) is 1.09. The van der Waals surface area contributed by atoms with Crippen LogP contribution in [0.25, 0.3) is 0 Å². The van der Waals surface area contributed by atoms with E-state index in [9.17, 15) is 18.0 Å². The van der Waals surface area contributed by atoms with Crippen LogP contribution < -0.4 is 4.74 Å². The fourth-order valence-electron chi connectivity index (χ4n) is 6.15. The lowest BCUT2D eigenvalue weighted by Crippen LogP contribution is -2.54. The van der Waals surface area contributed by atoms with Crippen LogP contribution in [0.5, 0.6) is 5.75 Å². The highest BCUT2D eigenvalue weighted by molar-refractivity contribution is 6.30. The predicted molar refractivity (Wildman–Crippen MR) is 181 cm³/mol. The van der Waals surface area contributed by atoms with E-state index in [2.05, 4.69) is 23.6 Å². The highest BCUT2D eigenvalue weighted by Crippen LogP contribution is 2.46. The second-order valence-electron chi connectivity index (χ2n) is 11.6. The van der Waals surface area contributed by atoms with Crippen molar-refractivity contribution in [3.05, 3.63) is 99.0 Å². The van der Waals surface area contributed by atoms with Crippen molar-refractivity contribution in [2.45, 2.75) is 39.0 Å². The van der Waals surface area contributed by atoms with Crippen molar-refractivity contribution >= 4 is 35.1 Å². The van der Waals surface area contributed by atoms with E-state index in [4.69, 9.17) is 32.9 Å². The molecule has 0 spiro atoms.